The van der Waals surface area contributed by atoms with Crippen LogP contribution in [0.1, 0.15) is 17.9 Å². The highest BCUT2D eigenvalue weighted by atomic mass is 35.5. The number of benzene rings is 1. The van der Waals surface area contributed by atoms with Crippen LogP contribution in [-0.4, -0.2) is 33.0 Å². The number of amides is 1. The topological polar surface area (TPSA) is 72.1 Å². The van der Waals surface area contributed by atoms with Crippen molar-refractivity contribution in [2.75, 3.05) is 7.05 Å². The zero-order valence-corrected chi connectivity index (χ0v) is 14.5. The van der Waals surface area contributed by atoms with Crippen molar-refractivity contribution in [2.45, 2.75) is 19.4 Å². The van der Waals surface area contributed by atoms with Crippen molar-refractivity contribution in [1.29, 1.82) is 0 Å². The highest BCUT2D eigenvalue weighted by molar-refractivity contribution is 6.31. The summed E-state index contributed by atoms with van der Waals surface area (Å²) in [5.41, 5.74) is 1.69. The number of pyridine rings is 1. The summed E-state index contributed by atoms with van der Waals surface area (Å²) in [6, 6.07) is 11.1. The van der Waals surface area contributed by atoms with Gasteiger partial charge in [0.05, 0.1) is 0 Å². The van der Waals surface area contributed by atoms with Crippen LogP contribution in [0, 0.1) is 0 Å². The Morgan fingerprint density at radius 3 is 2.84 bits per heavy atom. The molecular weight excluding hydrogens is 340 g/mol. The first-order valence-electron chi connectivity index (χ1n) is 7.84. The van der Waals surface area contributed by atoms with E-state index < -0.39 is 0 Å². The highest BCUT2D eigenvalue weighted by Gasteiger charge is 2.14. The number of carbonyl (C=O) groups is 1. The van der Waals surface area contributed by atoms with Crippen LogP contribution in [0.3, 0.4) is 0 Å². The first kappa shape index (κ1) is 17.1. The molecule has 0 aliphatic heterocycles. The van der Waals surface area contributed by atoms with Gasteiger partial charge in [0.15, 0.2) is 0 Å². The Morgan fingerprint density at radius 2 is 2.08 bits per heavy atom. The standard InChI is InChI=1S/C18H17ClN4O2/c1-23(12-14-5-2-3-7-15(14)19)17(24)9-8-16-21-18(22-25-16)13-6-4-10-20-11-13/h2-7,10-11H,8-9,12H2,1H3. The molecule has 0 atom stereocenters. The summed E-state index contributed by atoms with van der Waals surface area (Å²) in [6.45, 7) is 0.462. The van der Waals surface area contributed by atoms with Gasteiger partial charge in [-0.2, -0.15) is 4.98 Å². The fourth-order valence-corrected chi connectivity index (χ4v) is 2.54. The van der Waals surface area contributed by atoms with Gasteiger partial charge < -0.3 is 9.42 Å². The molecule has 3 rings (SSSR count). The maximum Gasteiger partial charge on any atom is 0.227 e. The normalized spacial score (nSPS) is 10.6. The zero-order valence-electron chi connectivity index (χ0n) is 13.7. The van der Waals surface area contributed by atoms with E-state index >= 15 is 0 Å². The van der Waals surface area contributed by atoms with Gasteiger partial charge in [0.2, 0.25) is 17.6 Å². The second kappa shape index (κ2) is 7.90. The number of hydrogen-bond donors (Lipinski definition) is 0. The molecule has 2 heterocycles. The number of rotatable bonds is 6. The molecule has 0 N–H and O–H groups in total. The summed E-state index contributed by atoms with van der Waals surface area (Å²) in [4.78, 5) is 22.3. The Kier molecular flexibility index (Phi) is 5.40. The fourth-order valence-electron chi connectivity index (χ4n) is 2.34. The molecule has 128 valence electrons. The van der Waals surface area contributed by atoms with E-state index in [0.29, 0.717) is 29.7 Å². The van der Waals surface area contributed by atoms with Crippen molar-refractivity contribution in [3.63, 3.8) is 0 Å². The van der Waals surface area contributed by atoms with Gasteiger partial charge in [-0.15, -0.1) is 0 Å². The third kappa shape index (κ3) is 4.42. The summed E-state index contributed by atoms with van der Waals surface area (Å²) >= 11 is 6.13. The van der Waals surface area contributed by atoms with E-state index in [1.54, 1.807) is 30.4 Å². The number of aromatic nitrogens is 3. The molecule has 2 aromatic heterocycles. The molecule has 0 fully saturated rings. The molecule has 0 radical (unpaired) electrons. The molecule has 7 heteroatoms. The van der Waals surface area contributed by atoms with Crippen LogP contribution < -0.4 is 0 Å². The molecule has 6 nitrogen and oxygen atoms in total. The molecule has 0 spiro atoms. The SMILES string of the molecule is CN(Cc1ccccc1Cl)C(=O)CCc1nc(-c2cccnc2)no1. The molecule has 0 saturated carbocycles. The average Bonchev–Trinajstić information content (AvgIpc) is 3.11. The quantitative estimate of drug-likeness (QED) is 0.677. The van der Waals surface area contributed by atoms with Gasteiger partial charge in [0, 0.05) is 49.4 Å². The summed E-state index contributed by atoms with van der Waals surface area (Å²) < 4.78 is 5.21. The van der Waals surface area contributed by atoms with Gasteiger partial charge in [-0.1, -0.05) is 35.0 Å². The molecule has 0 aliphatic rings. The molecule has 0 saturated heterocycles. The zero-order chi connectivity index (χ0) is 17.6. The van der Waals surface area contributed by atoms with Gasteiger partial charge in [0.1, 0.15) is 0 Å². The predicted octanol–water partition coefficient (Wildman–Crippen LogP) is 3.38. The van der Waals surface area contributed by atoms with Gasteiger partial charge in [-0.3, -0.25) is 9.78 Å². The van der Waals surface area contributed by atoms with E-state index in [1.807, 2.05) is 30.3 Å². The van der Waals surface area contributed by atoms with Crippen molar-refractivity contribution in [1.82, 2.24) is 20.0 Å². The molecule has 25 heavy (non-hydrogen) atoms. The lowest BCUT2D eigenvalue weighted by atomic mass is 10.2. The van der Waals surface area contributed by atoms with E-state index in [2.05, 4.69) is 15.1 Å². The minimum absolute atomic E-state index is 0.0129. The summed E-state index contributed by atoms with van der Waals surface area (Å²) in [6.07, 6.45) is 4.02. The first-order chi connectivity index (χ1) is 12.1. The van der Waals surface area contributed by atoms with Crippen LogP contribution in [0.15, 0.2) is 53.3 Å². The second-order valence-corrected chi connectivity index (χ2v) is 6.00. The lowest BCUT2D eigenvalue weighted by Gasteiger charge is -2.17. The van der Waals surface area contributed by atoms with Crippen molar-refractivity contribution in [3.8, 4) is 11.4 Å². The van der Waals surface area contributed by atoms with Crippen molar-refractivity contribution in [2.24, 2.45) is 0 Å². The van der Waals surface area contributed by atoms with Gasteiger partial charge >= 0.3 is 0 Å². The lowest BCUT2D eigenvalue weighted by molar-refractivity contribution is -0.130. The third-order valence-corrected chi connectivity index (χ3v) is 4.10. The second-order valence-electron chi connectivity index (χ2n) is 5.59. The van der Waals surface area contributed by atoms with E-state index in [1.165, 1.54) is 0 Å². The first-order valence-corrected chi connectivity index (χ1v) is 8.21. The summed E-state index contributed by atoms with van der Waals surface area (Å²) in [5.74, 6) is 0.888. The van der Waals surface area contributed by atoms with Gasteiger partial charge in [-0.05, 0) is 23.8 Å². The van der Waals surface area contributed by atoms with Gasteiger partial charge in [0.25, 0.3) is 0 Å². The highest BCUT2D eigenvalue weighted by Crippen LogP contribution is 2.17. The van der Waals surface area contributed by atoms with Crippen LogP contribution in [0.5, 0.6) is 0 Å². The van der Waals surface area contributed by atoms with Gasteiger partial charge in [-0.25, -0.2) is 0 Å². The number of nitrogens with zero attached hydrogens (tertiary/aromatic N) is 4. The van der Waals surface area contributed by atoms with Crippen LogP contribution in [-0.2, 0) is 17.8 Å². The molecule has 0 unspecified atom stereocenters. The molecule has 0 aliphatic carbocycles. The van der Waals surface area contributed by atoms with Crippen LogP contribution in [0.4, 0.5) is 0 Å². The average molecular weight is 357 g/mol. The van der Waals surface area contributed by atoms with Crippen molar-refractivity contribution in [3.05, 3.63) is 65.3 Å². The third-order valence-electron chi connectivity index (χ3n) is 3.73. The Hall–Kier alpha value is -2.73. The number of carbonyl (C=O) groups excluding carboxylic acids is 1. The predicted molar refractivity (Wildman–Crippen MR) is 93.8 cm³/mol. The number of aryl methyl sites for hydroxylation is 1. The monoisotopic (exact) mass is 356 g/mol. The Morgan fingerprint density at radius 1 is 1.24 bits per heavy atom. The van der Waals surface area contributed by atoms with E-state index in [-0.39, 0.29) is 12.3 Å². The lowest BCUT2D eigenvalue weighted by Crippen LogP contribution is -2.26. The number of halogens is 1. The smallest absolute Gasteiger partial charge is 0.227 e. The maximum atomic E-state index is 12.3. The number of hydrogen-bond acceptors (Lipinski definition) is 5. The van der Waals surface area contributed by atoms with E-state index in [9.17, 15) is 4.79 Å². The summed E-state index contributed by atoms with van der Waals surface area (Å²) in [5, 5.41) is 4.57. The van der Waals surface area contributed by atoms with Crippen molar-refractivity contribution >= 4 is 17.5 Å². The minimum atomic E-state index is -0.0129. The Bertz CT molecular complexity index is 851. The van der Waals surface area contributed by atoms with E-state index in [4.69, 9.17) is 16.1 Å². The van der Waals surface area contributed by atoms with Crippen LogP contribution in [0.25, 0.3) is 11.4 Å². The molecule has 1 aromatic carbocycles. The molecule has 0 bridgehead atoms. The fraction of sp³-hybridized carbons (Fsp3) is 0.222. The Balaban J connectivity index is 1.55. The molecule has 1 amide bonds. The largest absolute Gasteiger partial charge is 0.341 e. The van der Waals surface area contributed by atoms with Crippen molar-refractivity contribution < 1.29 is 9.32 Å². The maximum absolute atomic E-state index is 12.3. The van der Waals surface area contributed by atoms with Crippen LogP contribution >= 0.6 is 11.6 Å². The molecular formula is C18H17ClN4O2. The summed E-state index contributed by atoms with van der Waals surface area (Å²) in [7, 11) is 1.75. The van der Waals surface area contributed by atoms with Crippen LogP contribution in [0.2, 0.25) is 5.02 Å². The minimum Gasteiger partial charge on any atom is -0.341 e. The Labute approximate surface area is 150 Å². The molecule has 3 aromatic rings. The van der Waals surface area contributed by atoms with E-state index in [0.717, 1.165) is 11.1 Å².